The molecule has 6 heteroatoms. The Morgan fingerprint density at radius 1 is 1.00 bits per heavy atom. The van der Waals surface area contributed by atoms with E-state index in [0.717, 1.165) is 6.42 Å². The number of amides is 1. The molecule has 0 saturated carbocycles. The molecule has 25 heavy (non-hydrogen) atoms. The monoisotopic (exact) mass is 345 g/mol. The first-order valence-corrected chi connectivity index (χ1v) is 7.97. The molecule has 0 saturated heterocycles. The maximum atomic E-state index is 12.6. The van der Waals surface area contributed by atoms with E-state index in [2.05, 4.69) is 5.32 Å². The number of hydrogen-bond donors (Lipinski definition) is 1. The van der Waals surface area contributed by atoms with Gasteiger partial charge in [0.1, 0.15) is 5.75 Å². The molecule has 0 aliphatic carbocycles. The summed E-state index contributed by atoms with van der Waals surface area (Å²) in [4.78, 5) is 12.6. The Bertz CT molecular complexity index is 704. The van der Waals surface area contributed by atoms with E-state index in [-0.39, 0.29) is 5.91 Å². The van der Waals surface area contributed by atoms with E-state index in [4.69, 9.17) is 18.9 Å². The van der Waals surface area contributed by atoms with E-state index >= 15 is 0 Å². The first-order chi connectivity index (χ1) is 12.1. The van der Waals surface area contributed by atoms with Crippen molar-refractivity contribution >= 4 is 11.6 Å². The second-order valence-corrected chi connectivity index (χ2v) is 5.24. The minimum Gasteiger partial charge on any atom is -0.494 e. The molecule has 0 aliphatic heterocycles. The van der Waals surface area contributed by atoms with Gasteiger partial charge in [-0.05, 0) is 30.7 Å². The Kier molecular flexibility index (Phi) is 6.51. The first-order valence-electron chi connectivity index (χ1n) is 7.97. The molecule has 0 heterocycles. The second kappa shape index (κ2) is 8.82. The molecule has 134 valence electrons. The third kappa shape index (κ3) is 4.56. The Morgan fingerprint density at radius 2 is 1.68 bits per heavy atom. The number of ether oxygens (including phenoxy) is 4. The van der Waals surface area contributed by atoms with Crippen molar-refractivity contribution in [1.29, 1.82) is 0 Å². The van der Waals surface area contributed by atoms with Crippen LogP contribution in [0.4, 0.5) is 5.69 Å². The van der Waals surface area contributed by atoms with Crippen LogP contribution in [0.25, 0.3) is 0 Å². The summed E-state index contributed by atoms with van der Waals surface area (Å²) >= 11 is 0. The summed E-state index contributed by atoms with van der Waals surface area (Å²) in [6.07, 6.45) is 0.919. The van der Waals surface area contributed by atoms with Gasteiger partial charge in [-0.25, -0.2) is 0 Å². The maximum Gasteiger partial charge on any atom is 0.255 e. The highest BCUT2D eigenvalue weighted by atomic mass is 16.5. The summed E-state index contributed by atoms with van der Waals surface area (Å²) in [5.41, 5.74) is 1.04. The van der Waals surface area contributed by atoms with Crippen LogP contribution in [-0.2, 0) is 0 Å². The third-order valence-corrected chi connectivity index (χ3v) is 3.49. The highest BCUT2D eigenvalue weighted by Crippen LogP contribution is 2.38. The smallest absolute Gasteiger partial charge is 0.255 e. The normalized spacial score (nSPS) is 10.1. The van der Waals surface area contributed by atoms with Crippen molar-refractivity contribution in [3.63, 3.8) is 0 Å². The van der Waals surface area contributed by atoms with Crippen LogP contribution in [0.2, 0.25) is 0 Å². The minimum atomic E-state index is -0.285. The van der Waals surface area contributed by atoms with Crippen molar-refractivity contribution in [3.05, 3.63) is 42.0 Å². The predicted molar refractivity (Wildman–Crippen MR) is 96.3 cm³/mol. The molecule has 2 aromatic rings. The number of methoxy groups -OCH3 is 3. The van der Waals surface area contributed by atoms with Gasteiger partial charge in [-0.1, -0.05) is 13.0 Å². The number of anilines is 1. The summed E-state index contributed by atoms with van der Waals surface area (Å²) in [5.74, 6) is 1.71. The van der Waals surface area contributed by atoms with Gasteiger partial charge in [-0.15, -0.1) is 0 Å². The Hall–Kier alpha value is -2.89. The topological polar surface area (TPSA) is 66.0 Å². The van der Waals surface area contributed by atoms with Crippen molar-refractivity contribution in [2.24, 2.45) is 0 Å². The largest absolute Gasteiger partial charge is 0.494 e. The maximum absolute atomic E-state index is 12.6. The van der Waals surface area contributed by atoms with Gasteiger partial charge in [0.15, 0.2) is 11.5 Å². The Labute approximate surface area is 147 Å². The van der Waals surface area contributed by atoms with Gasteiger partial charge in [-0.2, -0.15) is 0 Å². The first kappa shape index (κ1) is 18.4. The molecule has 1 amide bonds. The van der Waals surface area contributed by atoms with Crippen LogP contribution >= 0.6 is 0 Å². The SMILES string of the molecule is CCCOc1cccc(NC(=O)c2cc(OC)c(OC)c(OC)c2)c1. The quantitative estimate of drug-likeness (QED) is 0.789. The van der Waals surface area contributed by atoms with Crippen LogP contribution in [0.3, 0.4) is 0 Å². The van der Waals surface area contributed by atoms with E-state index in [1.54, 1.807) is 24.3 Å². The average Bonchev–Trinajstić information content (AvgIpc) is 2.65. The summed E-state index contributed by atoms with van der Waals surface area (Å²) in [5, 5.41) is 2.84. The summed E-state index contributed by atoms with van der Waals surface area (Å²) in [6, 6.07) is 10.5. The highest BCUT2D eigenvalue weighted by molar-refractivity contribution is 6.05. The lowest BCUT2D eigenvalue weighted by Crippen LogP contribution is -2.12. The molecular formula is C19H23NO5. The van der Waals surface area contributed by atoms with Crippen molar-refractivity contribution in [2.45, 2.75) is 13.3 Å². The fourth-order valence-corrected chi connectivity index (χ4v) is 2.30. The van der Waals surface area contributed by atoms with Gasteiger partial charge in [-0.3, -0.25) is 4.79 Å². The number of rotatable bonds is 8. The van der Waals surface area contributed by atoms with E-state index in [0.29, 0.717) is 40.9 Å². The van der Waals surface area contributed by atoms with Gasteiger partial charge in [0, 0.05) is 17.3 Å². The predicted octanol–water partition coefficient (Wildman–Crippen LogP) is 3.75. The van der Waals surface area contributed by atoms with Crippen molar-refractivity contribution in [2.75, 3.05) is 33.3 Å². The van der Waals surface area contributed by atoms with Gasteiger partial charge >= 0.3 is 0 Å². The fourth-order valence-electron chi connectivity index (χ4n) is 2.30. The van der Waals surface area contributed by atoms with Crippen LogP contribution in [0.15, 0.2) is 36.4 Å². The summed E-state index contributed by atoms with van der Waals surface area (Å²) < 4.78 is 21.4. The minimum absolute atomic E-state index is 0.285. The Balaban J connectivity index is 2.23. The van der Waals surface area contributed by atoms with Gasteiger partial charge in [0.2, 0.25) is 5.75 Å². The lowest BCUT2D eigenvalue weighted by molar-refractivity contribution is 0.102. The molecule has 0 atom stereocenters. The van der Waals surface area contributed by atoms with Gasteiger partial charge < -0.3 is 24.3 Å². The van der Waals surface area contributed by atoms with E-state index in [9.17, 15) is 4.79 Å². The zero-order valence-electron chi connectivity index (χ0n) is 14.9. The van der Waals surface area contributed by atoms with Crippen molar-refractivity contribution in [3.8, 4) is 23.0 Å². The standard InChI is InChI=1S/C19H23NO5/c1-5-9-25-15-8-6-7-14(12-15)20-19(21)13-10-16(22-2)18(24-4)17(11-13)23-3/h6-8,10-12H,5,9H2,1-4H3,(H,20,21). The van der Waals surface area contributed by atoms with Gasteiger partial charge in [0.25, 0.3) is 5.91 Å². The lowest BCUT2D eigenvalue weighted by atomic mass is 10.1. The molecule has 0 fully saturated rings. The number of carbonyl (C=O) groups excluding carboxylic acids is 1. The molecule has 0 bridgehead atoms. The molecule has 2 aromatic carbocycles. The van der Waals surface area contributed by atoms with E-state index < -0.39 is 0 Å². The number of nitrogens with one attached hydrogen (secondary N) is 1. The molecule has 0 aliphatic rings. The number of benzene rings is 2. The highest BCUT2D eigenvalue weighted by Gasteiger charge is 2.17. The summed E-state index contributed by atoms with van der Waals surface area (Å²) in [6.45, 7) is 2.67. The Morgan fingerprint density at radius 3 is 2.24 bits per heavy atom. The zero-order valence-corrected chi connectivity index (χ0v) is 14.9. The number of hydrogen-bond acceptors (Lipinski definition) is 5. The van der Waals surface area contributed by atoms with Crippen LogP contribution in [-0.4, -0.2) is 33.8 Å². The molecule has 6 nitrogen and oxygen atoms in total. The second-order valence-electron chi connectivity index (χ2n) is 5.24. The van der Waals surface area contributed by atoms with Gasteiger partial charge in [0.05, 0.1) is 27.9 Å². The lowest BCUT2D eigenvalue weighted by Gasteiger charge is -2.14. The molecule has 0 spiro atoms. The third-order valence-electron chi connectivity index (χ3n) is 3.49. The fraction of sp³-hybridized carbons (Fsp3) is 0.316. The molecule has 1 N–H and O–H groups in total. The molecule has 0 radical (unpaired) electrons. The van der Waals surface area contributed by atoms with Crippen LogP contribution in [0.5, 0.6) is 23.0 Å². The van der Waals surface area contributed by atoms with Crippen LogP contribution in [0, 0.1) is 0 Å². The molecular weight excluding hydrogens is 322 g/mol. The van der Waals surface area contributed by atoms with Crippen LogP contribution < -0.4 is 24.3 Å². The molecule has 2 rings (SSSR count). The van der Waals surface area contributed by atoms with Crippen LogP contribution in [0.1, 0.15) is 23.7 Å². The van der Waals surface area contributed by atoms with E-state index in [1.165, 1.54) is 21.3 Å². The zero-order chi connectivity index (χ0) is 18.2. The summed E-state index contributed by atoms with van der Waals surface area (Å²) in [7, 11) is 4.53. The van der Waals surface area contributed by atoms with Crippen molar-refractivity contribution < 1.29 is 23.7 Å². The van der Waals surface area contributed by atoms with Crippen molar-refractivity contribution in [1.82, 2.24) is 0 Å². The number of carbonyl (C=O) groups is 1. The molecule has 0 aromatic heterocycles. The average molecular weight is 345 g/mol. The van der Waals surface area contributed by atoms with E-state index in [1.807, 2.05) is 19.1 Å². The molecule has 0 unspecified atom stereocenters.